The van der Waals surface area contributed by atoms with Gasteiger partial charge in [-0.25, -0.2) is 4.99 Å². The molecule has 4 rings (SSSR count). The second-order valence-corrected chi connectivity index (χ2v) is 8.76. The number of methoxy groups -OCH3 is 3. The van der Waals surface area contributed by atoms with Crippen LogP contribution >= 0.6 is 11.8 Å². The van der Waals surface area contributed by atoms with Crippen LogP contribution in [0, 0.1) is 0 Å². The highest BCUT2D eigenvalue weighted by Gasteiger charge is 2.33. The van der Waals surface area contributed by atoms with Crippen molar-refractivity contribution in [3.63, 3.8) is 0 Å². The van der Waals surface area contributed by atoms with Gasteiger partial charge in [0, 0.05) is 31.8 Å². The lowest BCUT2D eigenvalue weighted by Crippen LogP contribution is -2.32. The predicted octanol–water partition coefficient (Wildman–Crippen LogP) is 4.55. The van der Waals surface area contributed by atoms with Gasteiger partial charge in [0.25, 0.3) is 5.91 Å². The van der Waals surface area contributed by atoms with Crippen molar-refractivity contribution in [2.24, 2.45) is 4.99 Å². The maximum atomic E-state index is 13.3. The Hall–Kier alpha value is -2.97. The van der Waals surface area contributed by atoms with Gasteiger partial charge in [-0.2, -0.15) is 0 Å². The van der Waals surface area contributed by atoms with Crippen LogP contribution in [0.25, 0.3) is 6.08 Å². The first-order chi connectivity index (χ1) is 16.1. The monoisotopic (exact) mass is 467 g/mol. The zero-order chi connectivity index (χ0) is 23.2. The largest absolute Gasteiger partial charge is 0.496 e. The lowest BCUT2D eigenvalue weighted by molar-refractivity contribution is -0.122. The smallest absolute Gasteiger partial charge is 0.266 e. The molecule has 0 spiro atoms. The molecule has 174 valence electrons. The molecule has 2 aromatic carbocycles. The summed E-state index contributed by atoms with van der Waals surface area (Å²) in [4.78, 5) is 22.5. The van der Waals surface area contributed by atoms with E-state index in [0.29, 0.717) is 29.0 Å². The highest BCUT2D eigenvalue weighted by Crippen LogP contribution is 2.40. The lowest BCUT2D eigenvalue weighted by Gasteiger charge is -2.22. The number of nitrogens with zero attached hydrogens (tertiary/aromatic N) is 3. The average molecular weight is 468 g/mol. The third-order valence-corrected chi connectivity index (χ3v) is 6.66. The predicted molar refractivity (Wildman–Crippen MR) is 134 cm³/mol. The molecule has 33 heavy (non-hydrogen) atoms. The van der Waals surface area contributed by atoms with Gasteiger partial charge in [-0.15, -0.1) is 0 Å². The van der Waals surface area contributed by atoms with E-state index in [1.807, 2.05) is 48.5 Å². The molecule has 0 aromatic heterocycles. The number of ether oxygens (including phenoxy) is 3. The normalized spacial score (nSPS) is 18.6. The molecule has 0 atom stereocenters. The summed E-state index contributed by atoms with van der Waals surface area (Å²) in [5.41, 5.74) is 2.61. The molecule has 0 N–H and O–H groups in total. The van der Waals surface area contributed by atoms with E-state index in [1.165, 1.54) is 24.6 Å². The van der Waals surface area contributed by atoms with Crippen molar-refractivity contribution < 1.29 is 19.0 Å². The summed E-state index contributed by atoms with van der Waals surface area (Å²) in [6.07, 6.45) is 4.20. The molecule has 0 saturated carbocycles. The fourth-order valence-corrected chi connectivity index (χ4v) is 4.96. The Bertz CT molecular complexity index is 1050. The Morgan fingerprint density at radius 3 is 2.42 bits per heavy atom. The number of benzene rings is 2. The fourth-order valence-electron chi connectivity index (χ4n) is 3.95. The number of amides is 1. The second kappa shape index (κ2) is 10.8. The van der Waals surface area contributed by atoms with Gasteiger partial charge in [-0.1, -0.05) is 18.2 Å². The summed E-state index contributed by atoms with van der Waals surface area (Å²) < 4.78 is 16.6. The average Bonchev–Trinajstić information content (AvgIpc) is 3.47. The van der Waals surface area contributed by atoms with Crippen LogP contribution in [-0.2, 0) is 9.53 Å². The number of carbonyl (C=O) groups is 1. The van der Waals surface area contributed by atoms with Crippen LogP contribution in [0.3, 0.4) is 0 Å². The van der Waals surface area contributed by atoms with Crippen LogP contribution < -0.4 is 14.4 Å². The van der Waals surface area contributed by atoms with Crippen LogP contribution in [0.1, 0.15) is 18.4 Å². The molecule has 0 aliphatic carbocycles. The van der Waals surface area contributed by atoms with Crippen molar-refractivity contribution in [3.8, 4) is 11.5 Å². The van der Waals surface area contributed by atoms with Crippen LogP contribution in [0.15, 0.2) is 52.4 Å². The topological polar surface area (TPSA) is 63.6 Å². The van der Waals surface area contributed by atoms with Crippen molar-refractivity contribution in [1.82, 2.24) is 4.90 Å². The number of carbonyl (C=O) groups excluding carboxylic acids is 1. The molecule has 2 saturated heterocycles. The summed E-state index contributed by atoms with van der Waals surface area (Å²) in [5.74, 6) is 1.38. The minimum absolute atomic E-state index is 0.101. The van der Waals surface area contributed by atoms with Crippen LogP contribution in [0.4, 0.5) is 11.4 Å². The zero-order valence-corrected chi connectivity index (χ0v) is 20.1. The van der Waals surface area contributed by atoms with Gasteiger partial charge in [-0.05, 0) is 48.9 Å². The molecular weight excluding hydrogens is 438 g/mol. The zero-order valence-electron chi connectivity index (χ0n) is 19.2. The summed E-state index contributed by atoms with van der Waals surface area (Å²) in [6, 6.07) is 13.6. The van der Waals surface area contributed by atoms with Gasteiger partial charge >= 0.3 is 0 Å². The van der Waals surface area contributed by atoms with E-state index in [4.69, 9.17) is 19.2 Å². The van der Waals surface area contributed by atoms with Crippen molar-refractivity contribution in [2.75, 3.05) is 52.5 Å². The number of hydrogen-bond donors (Lipinski definition) is 0. The summed E-state index contributed by atoms with van der Waals surface area (Å²) >= 11 is 1.35. The van der Waals surface area contributed by atoms with E-state index >= 15 is 0 Å². The highest BCUT2D eigenvalue weighted by atomic mass is 32.2. The standard InChI is InChI=1S/C25H29N3O4S/c1-30-14-13-28-24(29)23(33-25(28)26-19-9-5-4-6-10-19)16-18-15-22(32-3)20(17-21(18)31-2)27-11-7-8-12-27/h4-6,9-10,15-17H,7-8,11-14H2,1-3H3/b23-16-,26-25?. The fraction of sp³-hybridized carbons (Fsp3) is 0.360. The molecule has 7 nitrogen and oxygen atoms in total. The Kier molecular flexibility index (Phi) is 7.57. The first kappa shape index (κ1) is 23.2. The molecule has 2 aliphatic rings. The van der Waals surface area contributed by atoms with Crippen LogP contribution in [0.2, 0.25) is 0 Å². The van der Waals surface area contributed by atoms with Crippen LogP contribution in [-0.4, -0.2) is 63.5 Å². The second-order valence-electron chi connectivity index (χ2n) is 7.75. The van der Waals surface area contributed by atoms with E-state index in [-0.39, 0.29) is 5.91 Å². The molecule has 2 heterocycles. The third kappa shape index (κ3) is 5.17. The summed E-state index contributed by atoms with van der Waals surface area (Å²) in [7, 11) is 4.94. The first-order valence-corrected chi connectivity index (χ1v) is 11.8. The quantitative estimate of drug-likeness (QED) is 0.531. The third-order valence-electron chi connectivity index (χ3n) is 5.65. The van der Waals surface area contributed by atoms with Crippen LogP contribution in [0.5, 0.6) is 11.5 Å². The number of aliphatic imine (C=N–C) groups is 1. The molecular formula is C25H29N3O4S. The Morgan fingerprint density at radius 2 is 1.76 bits per heavy atom. The first-order valence-electron chi connectivity index (χ1n) is 11.0. The Labute approximate surface area is 199 Å². The van der Waals surface area contributed by atoms with Gasteiger partial charge in [0.05, 0.1) is 43.7 Å². The van der Waals surface area contributed by atoms with E-state index in [0.717, 1.165) is 35.8 Å². The maximum Gasteiger partial charge on any atom is 0.266 e. The van der Waals surface area contributed by atoms with E-state index < -0.39 is 0 Å². The summed E-state index contributed by atoms with van der Waals surface area (Å²) in [6.45, 7) is 2.86. The van der Waals surface area contributed by atoms with Crippen molar-refractivity contribution in [3.05, 3.63) is 52.9 Å². The van der Waals surface area contributed by atoms with Gasteiger partial charge in [-0.3, -0.25) is 9.69 Å². The van der Waals surface area contributed by atoms with Gasteiger partial charge < -0.3 is 19.1 Å². The van der Waals surface area contributed by atoms with E-state index in [2.05, 4.69) is 4.90 Å². The molecule has 0 unspecified atom stereocenters. The van der Waals surface area contributed by atoms with Gasteiger partial charge in [0.15, 0.2) is 5.17 Å². The Morgan fingerprint density at radius 1 is 1.03 bits per heavy atom. The van der Waals surface area contributed by atoms with Gasteiger partial charge in [0.2, 0.25) is 0 Å². The number of thioether (sulfide) groups is 1. The molecule has 0 radical (unpaired) electrons. The van der Waals surface area contributed by atoms with Crippen molar-refractivity contribution >= 4 is 40.3 Å². The number of rotatable bonds is 8. The molecule has 2 fully saturated rings. The Balaban J connectivity index is 1.70. The minimum Gasteiger partial charge on any atom is -0.496 e. The maximum absolute atomic E-state index is 13.3. The highest BCUT2D eigenvalue weighted by molar-refractivity contribution is 8.18. The van der Waals surface area contributed by atoms with Crippen molar-refractivity contribution in [1.29, 1.82) is 0 Å². The van der Waals surface area contributed by atoms with Gasteiger partial charge in [0.1, 0.15) is 11.5 Å². The lowest BCUT2D eigenvalue weighted by atomic mass is 10.1. The number of para-hydroxylation sites is 1. The molecule has 0 bridgehead atoms. The van der Waals surface area contributed by atoms with E-state index in [9.17, 15) is 4.79 Å². The number of anilines is 1. The molecule has 8 heteroatoms. The van der Waals surface area contributed by atoms with Crippen molar-refractivity contribution in [2.45, 2.75) is 12.8 Å². The SMILES string of the molecule is COCCN1C(=O)/C(=C/c2cc(OC)c(N3CCCC3)cc2OC)SC1=Nc1ccccc1. The minimum atomic E-state index is -0.101. The van der Waals surface area contributed by atoms with E-state index in [1.54, 1.807) is 26.2 Å². The summed E-state index contributed by atoms with van der Waals surface area (Å²) in [5, 5.41) is 0.633. The molecule has 2 aromatic rings. The number of amidine groups is 1. The number of hydrogen-bond acceptors (Lipinski definition) is 7. The molecule has 1 amide bonds. The molecule has 2 aliphatic heterocycles.